The Kier molecular flexibility index (Phi) is 3.01. The highest BCUT2D eigenvalue weighted by Gasteiger charge is 2.31. The van der Waals surface area contributed by atoms with E-state index < -0.39 is 0 Å². The third-order valence-electron chi connectivity index (χ3n) is 2.95. The first-order valence-corrected chi connectivity index (χ1v) is 5.57. The van der Waals surface area contributed by atoms with Gasteiger partial charge >= 0.3 is 0 Å². The van der Waals surface area contributed by atoms with Crippen molar-refractivity contribution < 1.29 is 5.11 Å². The maximum Gasteiger partial charge on any atom is 0.0836 e. The van der Waals surface area contributed by atoms with Crippen molar-refractivity contribution in [1.29, 1.82) is 0 Å². The van der Waals surface area contributed by atoms with Crippen LogP contribution in [0.1, 0.15) is 17.2 Å². The third kappa shape index (κ3) is 2.17. The Morgan fingerprint density at radius 1 is 1.47 bits per heavy atom. The Morgan fingerprint density at radius 2 is 2.20 bits per heavy atom. The van der Waals surface area contributed by atoms with Crippen molar-refractivity contribution in [1.82, 2.24) is 4.90 Å². The van der Waals surface area contributed by atoms with E-state index in [0.29, 0.717) is 10.9 Å². The van der Waals surface area contributed by atoms with Crippen LogP contribution < -0.4 is 0 Å². The van der Waals surface area contributed by atoms with Crippen LogP contribution in [-0.2, 0) is 6.42 Å². The Labute approximate surface area is 95.5 Å². The first-order chi connectivity index (χ1) is 7.08. The number of halogens is 1. The molecule has 0 amide bonds. The summed E-state index contributed by atoms with van der Waals surface area (Å²) in [6, 6.07) is 5.80. The number of fused-ring (bicyclic) bond motifs is 1. The molecule has 0 saturated carbocycles. The zero-order chi connectivity index (χ0) is 11.0. The molecule has 0 aromatic heterocycles. The topological polar surface area (TPSA) is 23.5 Å². The molecule has 0 bridgehead atoms. The summed E-state index contributed by atoms with van der Waals surface area (Å²) in [5.74, 6) is 0.300. The zero-order valence-corrected chi connectivity index (χ0v) is 9.83. The SMILES string of the molecule is CN(C)C[C@H]1Cc2ccc(Cl)cc2[C@H]1O. The lowest BCUT2D eigenvalue weighted by Gasteiger charge is -2.19. The van der Waals surface area contributed by atoms with E-state index in [2.05, 4.69) is 4.90 Å². The second kappa shape index (κ2) is 4.12. The van der Waals surface area contributed by atoms with Gasteiger partial charge in [0.2, 0.25) is 0 Å². The minimum atomic E-state index is -0.360. The summed E-state index contributed by atoms with van der Waals surface area (Å²) < 4.78 is 0. The van der Waals surface area contributed by atoms with Crippen LogP contribution >= 0.6 is 11.6 Å². The van der Waals surface area contributed by atoms with E-state index in [9.17, 15) is 5.11 Å². The molecule has 0 fully saturated rings. The normalized spacial score (nSPS) is 24.6. The van der Waals surface area contributed by atoms with Gasteiger partial charge < -0.3 is 10.0 Å². The van der Waals surface area contributed by atoms with Gasteiger partial charge in [-0.2, -0.15) is 0 Å². The molecule has 1 aliphatic carbocycles. The number of aliphatic hydroxyl groups excluding tert-OH is 1. The van der Waals surface area contributed by atoms with Crippen molar-refractivity contribution >= 4 is 11.6 Å². The van der Waals surface area contributed by atoms with Crippen LogP contribution in [0.25, 0.3) is 0 Å². The van der Waals surface area contributed by atoms with Crippen molar-refractivity contribution in [3.8, 4) is 0 Å². The summed E-state index contributed by atoms with van der Waals surface area (Å²) in [7, 11) is 4.06. The van der Waals surface area contributed by atoms with E-state index in [1.54, 1.807) is 0 Å². The van der Waals surface area contributed by atoms with Crippen LogP contribution in [0.2, 0.25) is 5.02 Å². The van der Waals surface area contributed by atoms with Gasteiger partial charge in [0.1, 0.15) is 0 Å². The van der Waals surface area contributed by atoms with E-state index in [4.69, 9.17) is 11.6 Å². The molecule has 1 aromatic rings. The minimum Gasteiger partial charge on any atom is -0.388 e. The summed E-state index contributed by atoms with van der Waals surface area (Å²) in [4.78, 5) is 2.11. The summed E-state index contributed by atoms with van der Waals surface area (Å²) >= 11 is 5.92. The first-order valence-electron chi connectivity index (χ1n) is 5.19. The van der Waals surface area contributed by atoms with Gasteiger partial charge in [0, 0.05) is 17.5 Å². The monoisotopic (exact) mass is 225 g/mol. The van der Waals surface area contributed by atoms with Gasteiger partial charge in [-0.1, -0.05) is 17.7 Å². The molecule has 15 heavy (non-hydrogen) atoms. The van der Waals surface area contributed by atoms with Gasteiger partial charge in [-0.15, -0.1) is 0 Å². The molecule has 0 saturated heterocycles. The van der Waals surface area contributed by atoms with Gasteiger partial charge in [-0.3, -0.25) is 0 Å². The fraction of sp³-hybridized carbons (Fsp3) is 0.500. The summed E-state index contributed by atoms with van der Waals surface area (Å²) in [5, 5.41) is 10.8. The molecule has 1 aliphatic rings. The van der Waals surface area contributed by atoms with Crippen molar-refractivity contribution in [2.24, 2.45) is 5.92 Å². The fourth-order valence-electron chi connectivity index (χ4n) is 2.31. The summed E-state index contributed by atoms with van der Waals surface area (Å²) in [5.41, 5.74) is 2.24. The lowest BCUT2D eigenvalue weighted by Crippen LogP contribution is -2.24. The first kappa shape index (κ1) is 10.9. The molecule has 2 atom stereocenters. The lowest BCUT2D eigenvalue weighted by molar-refractivity contribution is 0.105. The Morgan fingerprint density at radius 3 is 2.87 bits per heavy atom. The number of nitrogens with zero attached hydrogens (tertiary/aromatic N) is 1. The van der Waals surface area contributed by atoms with Crippen LogP contribution in [0, 0.1) is 5.92 Å². The zero-order valence-electron chi connectivity index (χ0n) is 9.07. The third-order valence-corrected chi connectivity index (χ3v) is 3.19. The van der Waals surface area contributed by atoms with Gasteiger partial charge in [0.05, 0.1) is 6.10 Å². The number of hydrogen-bond acceptors (Lipinski definition) is 2. The van der Waals surface area contributed by atoms with Crippen LogP contribution in [0.3, 0.4) is 0 Å². The minimum absolute atomic E-state index is 0.300. The molecule has 0 heterocycles. The number of hydrogen-bond donors (Lipinski definition) is 1. The molecule has 3 heteroatoms. The molecule has 0 aliphatic heterocycles. The van der Waals surface area contributed by atoms with Gasteiger partial charge in [-0.25, -0.2) is 0 Å². The molecular weight excluding hydrogens is 210 g/mol. The standard InChI is InChI=1S/C12H16ClNO/c1-14(2)7-9-5-8-3-4-10(13)6-11(8)12(9)15/h3-4,6,9,12,15H,5,7H2,1-2H3/t9-,12+/m1/s1. The molecule has 2 nitrogen and oxygen atoms in total. The van der Waals surface area contributed by atoms with Crippen molar-refractivity contribution in [3.63, 3.8) is 0 Å². The molecule has 82 valence electrons. The smallest absolute Gasteiger partial charge is 0.0836 e. The van der Waals surface area contributed by atoms with Gasteiger partial charge in [0.25, 0.3) is 0 Å². The molecule has 1 N–H and O–H groups in total. The Balaban J connectivity index is 2.22. The molecule has 0 spiro atoms. The largest absolute Gasteiger partial charge is 0.388 e. The fourth-order valence-corrected chi connectivity index (χ4v) is 2.49. The second-order valence-corrected chi connectivity index (χ2v) is 4.95. The van der Waals surface area contributed by atoms with E-state index in [0.717, 1.165) is 18.5 Å². The van der Waals surface area contributed by atoms with Crippen molar-refractivity contribution in [2.45, 2.75) is 12.5 Å². The molecule has 0 radical (unpaired) electrons. The molecule has 1 aromatic carbocycles. The predicted octanol–water partition coefficient (Wildman–Crippen LogP) is 2.11. The van der Waals surface area contributed by atoms with E-state index in [1.807, 2.05) is 32.3 Å². The van der Waals surface area contributed by atoms with Crippen LogP contribution in [-0.4, -0.2) is 30.6 Å². The Hall–Kier alpha value is -0.570. The molecule has 2 rings (SSSR count). The number of rotatable bonds is 2. The van der Waals surface area contributed by atoms with Crippen molar-refractivity contribution in [2.75, 3.05) is 20.6 Å². The van der Waals surface area contributed by atoms with Gasteiger partial charge in [0.15, 0.2) is 0 Å². The second-order valence-electron chi connectivity index (χ2n) is 4.51. The lowest BCUT2D eigenvalue weighted by atomic mass is 10.0. The quantitative estimate of drug-likeness (QED) is 0.834. The highest BCUT2D eigenvalue weighted by atomic mass is 35.5. The number of aliphatic hydroxyl groups is 1. The van der Waals surface area contributed by atoms with Gasteiger partial charge in [-0.05, 0) is 43.8 Å². The maximum absolute atomic E-state index is 10.1. The summed E-state index contributed by atoms with van der Waals surface area (Å²) in [6.45, 7) is 0.910. The maximum atomic E-state index is 10.1. The van der Waals surface area contributed by atoms with Crippen molar-refractivity contribution in [3.05, 3.63) is 34.3 Å². The number of benzene rings is 1. The van der Waals surface area contributed by atoms with E-state index in [-0.39, 0.29) is 6.10 Å². The molecular formula is C12H16ClNO. The van der Waals surface area contributed by atoms with Crippen LogP contribution in [0.5, 0.6) is 0 Å². The van der Waals surface area contributed by atoms with E-state index >= 15 is 0 Å². The van der Waals surface area contributed by atoms with Crippen LogP contribution in [0.4, 0.5) is 0 Å². The van der Waals surface area contributed by atoms with E-state index in [1.165, 1.54) is 5.56 Å². The Bertz CT molecular complexity index is 365. The average Bonchev–Trinajstić information content (AvgIpc) is 2.44. The average molecular weight is 226 g/mol. The predicted molar refractivity (Wildman–Crippen MR) is 62.2 cm³/mol. The van der Waals surface area contributed by atoms with Crippen LogP contribution in [0.15, 0.2) is 18.2 Å². The highest BCUT2D eigenvalue weighted by molar-refractivity contribution is 6.30. The molecule has 0 unspecified atom stereocenters. The highest BCUT2D eigenvalue weighted by Crippen LogP contribution is 2.37. The summed E-state index contributed by atoms with van der Waals surface area (Å²) in [6.07, 6.45) is 0.590.